The van der Waals surface area contributed by atoms with Crippen LogP contribution < -0.4 is 5.73 Å². The zero-order valence-electron chi connectivity index (χ0n) is 12.4. The number of nitrogens with zero attached hydrogens (tertiary/aromatic N) is 1. The largest absolute Gasteiger partial charge is 0.398 e. The van der Waals surface area contributed by atoms with Crippen LogP contribution in [0.2, 0.25) is 0 Å². The van der Waals surface area contributed by atoms with E-state index >= 15 is 0 Å². The van der Waals surface area contributed by atoms with Crippen LogP contribution in [0.1, 0.15) is 44.7 Å². The van der Waals surface area contributed by atoms with E-state index in [0.717, 1.165) is 24.7 Å². The van der Waals surface area contributed by atoms with Crippen LogP contribution >= 0.6 is 0 Å². The molecule has 0 amide bonds. The minimum atomic E-state index is 0.802. The van der Waals surface area contributed by atoms with Crippen molar-refractivity contribution in [2.75, 3.05) is 18.8 Å². The Kier molecular flexibility index (Phi) is 6.20. The summed E-state index contributed by atoms with van der Waals surface area (Å²) in [5.41, 5.74) is 9.54. The lowest BCUT2D eigenvalue weighted by atomic mass is 10.0. The minimum absolute atomic E-state index is 0.802. The van der Waals surface area contributed by atoms with Crippen molar-refractivity contribution in [3.8, 4) is 0 Å². The fourth-order valence-corrected chi connectivity index (χ4v) is 2.33. The molecule has 1 aromatic carbocycles. The highest BCUT2D eigenvalue weighted by Gasteiger charge is 2.11. The van der Waals surface area contributed by atoms with Gasteiger partial charge in [0.25, 0.3) is 0 Å². The van der Waals surface area contributed by atoms with Gasteiger partial charge in [-0.05, 0) is 31.0 Å². The Labute approximate surface area is 112 Å². The van der Waals surface area contributed by atoms with E-state index in [1.807, 2.05) is 6.07 Å². The van der Waals surface area contributed by atoms with Gasteiger partial charge in [-0.3, -0.25) is 4.90 Å². The fourth-order valence-electron chi connectivity index (χ4n) is 2.33. The number of hydrogen-bond acceptors (Lipinski definition) is 2. The molecule has 0 saturated heterocycles. The number of rotatable bonds is 7. The predicted molar refractivity (Wildman–Crippen MR) is 80.6 cm³/mol. The normalized spacial score (nSPS) is 11.4. The van der Waals surface area contributed by atoms with Gasteiger partial charge in [0.15, 0.2) is 0 Å². The number of benzene rings is 1. The summed E-state index contributed by atoms with van der Waals surface area (Å²) in [7, 11) is 0. The molecule has 0 unspecified atom stereocenters. The van der Waals surface area contributed by atoms with E-state index in [1.54, 1.807) is 0 Å². The standard InChI is InChI=1S/C16H28N2/c1-5-14(6-2)11-18(7-3)12-15-10-13(4)8-9-16(15)17/h8-10,14H,5-7,11-12,17H2,1-4H3. The first-order chi connectivity index (χ1) is 8.60. The van der Waals surface area contributed by atoms with Crippen LogP contribution in [0, 0.1) is 12.8 Å². The Morgan fingerprint density at radius 3 is 2.39 bits per heavy atom. The first kappa shape index (κ1) is 15.0. The van der Waals surface area contributed by atoms with Crippen molar-refractivity contribution in [2.24, 2.45) is 5.92 Å². The maximum atomic E-state index is 6.06. The van der Waals surface area contributed by atoms with E-state index in [1.165, 1.54) is 30.5 Å². The van der Waals surface area contributed by atoms with E-state index in [2.05, 4.69) is 44.7 Å². The van der Waals surface area contributed by atoms with Gasteiger partial charge in [0, 0.05) is 18.8 Å². The number of anilines is 1. The van der Waals surface area contributed by atoms with Crippen LogP contribution in [-0.2, 0) is 6.54 Å². The number of aryl methyl sites for hydroxylation is 1. The monoisotopic (exact) mass is 248 g/mol. The smallest absolute Gasteiger partial charge is 0.0359 e. The molecular weight excluding hydrogens is 220 g/mol. The molecule has 0 radical (unpaired) electrons. The van der Waals surface area contributed by atoms with Crippen molar-refractivity contribution >= 4 is 5.69 Å². The van der Waals surface area contributed by atoms with E-state index in [9.17, 15) is 0 Å². The summed E-state index contributed by atoms with van der Waals surface area (Å²) in [5.74, 6) is 0.802. The van der Waals surface area contributed by atoms with Crippen LogP contribution in [0.25, 0.3) is 0 Å². The molecule has 0 aliphatic rings. The second-order valence-corrected chi connectivity index (χ2v) is 5.21. The maximum absolute atomic E-state index is 6.06. The van der Waals surface area contributed by atoms with Crippen molar-refractivity contribution in [1.82, 2.24) is 4.90 Å². The molecule has 0 heterocycles. The predicted octanol–water partition coefficient (Wildman–Crippen LogP) is 3.84. The van der Waals surface area contributed by atoms with Crippen molar-refractivity contribution in [3.63, 3.8) is 0 Å². The summed E-state index contributed by atoms with van der Waals surface area (Å²) in [6.45, 7) is 12.2. The number of hydrogen-bond donors (Lipinski definition) is 1. The third-order valence-corrected chi connectivity index (χ3v) is 3.81. The molecule has 0 spiro atoms. The second-order valence-electron chi connectivity index (χ2n) is 5.21. The summed E-state index contributed by atoms with van der Waals surface area (Å²) in [4.78, 5) is 2.50. The number of nitrogen functional groups attached to an aromatic ring is 1. The molecule has 18 heavy (non-hydrogen) atoms. The van der Waals surface area contributed by atoms with Crippen LogP contribution in [0.15, 0.2) is 18.2 Å². The van der Waals surface area contributed by atoms with Gasteiger partial charge in [-0.15, -0.1) is 0 Å². The van der Waals surface area contributed by atoms with Crippen LogP contribution in [0.3, 0.4) is 0 Å². The third kappa shape index (κ3) is 4.34. The molecule has 1 rings (SSSR count). The summed E-state index contributed by atoms with van der Waals surface area (Å²) in [6, 6.07) is 6.32. The van der Waals surface area contributed by atoms with Crippen molar-refractivity contribution in [2.45, 2.75) is 47.1 Å². The highest BCUT2D eigenvalue weighted by molar-refractivity contribution is 5.48. The summed E-state index contributed by atoms with van der Waals surface area (Å²) < 4.78 is 0. The van der Waals surface area contributed by atoms with Crippen LogP contribution in [0.5, 0.6) is 0 Å². The molecule has 0 aliphatic carbocycles. The summed E-state index contributed by atoms with van der Waals surface area (Å²) >= 11 is 0. The van der Waals surface area contributed by atoms with E-state index in [4.69, 9.17) is 5.73 Å². The Morgan fingerprint density at radius 1 is 1.17 bits per heavy atom. The van der Waals surface area contributed by atoms with Gasteiger partial charge in [-0.25, -0.2) is 0 Å². The molecule has 0 bridgehead atoms. The topological polar surface area (TPSA) is 29.3 Å². The van der Waals surface area contributed by atoms with Gasteiger partial charge in [-0.1, -0.05) is 51.3 Å². The van der Waals surface area contributed by atoms with E-state index in [-0.39, 0.29) is 0 Å². The lowest BCUT2D eigenvalue weighted by Gasteiger charge is -2.26. The molecule has 102 valence electrons. The maximum Gasteiger partial charge on any atom is 0.0359 e. The van der Waals surface area contributed by atoms with E-state index in [0.29, 0.717) is 0 Å². The zero-order valence-corrected chi connectivity index (χ0v) is 12.4. The fraction of sp³-hybridized carbons (Fsp3) is 0.625. The lowest BCUT2D eigenvalue weighted by Crippen LogP contribution is -2.29. The highest BCUT2D eigenvalue weighted by Crippen LogP contribution is 2.18. The lowest BCUT2D eigenvalue weighted by molar-refractivity contribution is 0.226. The van der Waals surface area contributed by atoms with Crippen LogP contribution in [0.4, 0.5) is 5.69 Å². The van der Waals surface area contributed by atoms with Crippen LogP contribution in [-0.4, -0.2) is 18.0 Å². The molecule has 0 aliphatic heterocycles. The SMILES string of the molecule is CCC(CC)CN(CC)Cc1cc(C)ccc1N. The van der Waals surface area contributed by atoms with Gasteiger partial charge < -0.3 is 5.73 Å². The first-order valence-electron chi connectivity index (χ1n) is 7.18. The van der Waals surface area contributed by atoms with Gasteiger partial charge in [0.05, 0.1) is 0 Å². The minimum Gasteiger partial charge on any atom is -0.398 e. The highest BCUT2D eigenvalue weighted by atomic mass is 15.1. The Hall–Kier alpha value is -1.02. The summed E-state index contributed by atoms with van der Waals surface area (Å²) in [5, 5.41) is 0. The third-order valence-electron chi connectivity index (χ3n) is 3.81. The summed E-state index contributed by atoms with van der Waals surface area (Å²) in [6.07, 6.45) is 2.52. The molecule has 2 nitrogen and oxygen atoms in total. The quantitative estimate of drug-likeness (QED) is 0.743. The van der Waals surface area contributed by atoms with E-state index < -0.39 is 0 Å². The first-order valence-corrected chi connectivity index (χ1v) is 7.18. The van der Waals surface area contributed by atoms with Gasteiger partial charge in [-0.2, -0.15) is 0 Å². The van der Waals surface area contributed by atoms with Gasteiger partial charge in [0.1, 0.15) is 0 Å². The van der Waals surface area contributed by atoms with Crippen molar-refractivity contribution in [3.05, 3.63) is 29.3 Å². The average Bonchev–Trinajstić information content (AvgIpc) is 2.38. The second kappa shape index (κ2) is 7.42. The van der Waals surface area contributed by atoms with Gasteiger partial charge >= 0.3 is 0 Å². The zero-order chi connectivity index (χ0) is 13.5. The molecule has 0 aromatic heterocycles. The van der Waals surface area contributed by atoms with Crippen molar-refractivity contribution in [1.29, 1.82) is 0 Å². The average molecular weight is 248 g/mol. The molecule has 0 saturated carbocycles. The Balaban J connectivity index is 2.70. The molecule has 0 atom stereocenters. The molecule has 2 heteroatoms. The molecular formula is C16H28N2. The molecule has 2 N–H and O–H groups in total. The number of nitrogens with two attached hydrogens (primary N) is 1. The Morgan fingerprint density at radius 2 is 1.83 bits per heavy atom. The van der Waals surface area contributed by atoms with Crippen molar-refractivity contribution < 1.29 is 0 Å². The Bertz CT molecular complexity index is 356. The molecule has 1 aromatic rings. The van der Waals surface area contributed by atoms with Gasteiger partial charge in [0.2, 0.25) is 0 Å². The molecule has 0 fully saturated rings.